The van der Waals surface area contributed by atoms with Crippen molar-refractivity contribution >= 4 is 35.5 Å². The number of hydrogen-bond donors (Lipinski definition) is 7. The molecule has 0 aromatic carbocycles. The average Bonchev–Trinajstić information content (AvgIpc) is 2.70. The molecule has 194 valence electrons. The SMILES string of the molecule is CC(=O)N[C@H](C(=O)NCC(=O)N[C@@H](CC(C)C)C(=O)N[C@@H](CCCN=C(N)N)C(N)=O)C(C)C. The first-order valence-electron chi connectivity index (χ1n) is 11.2. The van der Waals surface area contributed by atoms with Crippen molar-refractivity contribution < 1.29 is 24.0 Å². The third-order valence-electron chi connectivity index (χ3n) is 4.70. The normalized spacial score (nSPS) is 13.4. The van der Waals surface area contributed by atoms with Gasteiger partial charge in [-0.3, -0.25) is 29.0 Å². The maximum Gasteiger partial charge on any atom is 0.243 e. The van der Waals surface area contributed by atoms with E-state index in [1.807, 2.05) is 13.8 Å². The lowest BCUT2D eigenvalue weighted by molar-refractivity contribution is -0.133. The van der Waals surface area contributed by atoms with E-state index in [0.29, 0.717) is 12.8 Å². The number of primary amides is 1. The fraction of sp³-hybridized carbons (Fsp3) is 0.714. The zero-order valence-corrected chi connectivity index (χ0v) is 20.6. The Morgan fingerprint density at radius 2 is 1.47 bits per heavy atom. The van der Waals surface area contributed by atoms with Crippen molar-refractivity contribution in [1.29, 1.82) is 0 Å². The van der Waals surface area contributed by atoms with Crippen molar-refractivity contribution in [2.45, 2.75) is 72.0 Å². The van der Waals surface area contributed by atoms with Crippen molar-refractivity contribution in [2.75, 3.05) is 13.1 Å². The summed E-state index contributed by atoms with van der Waals surface area (Å²) >= 11 is 0. The molecule has 13 heteroatoms. The quantitative estimate of drug-likeness (QED) is 0.0771. The van der Waals surface area contributed by atoms with Gasteiger partial charge in [-0.2, -0.15) is 0 Å². The van der Waals surface area contributed by atoms with Crippen molar-refractivity contribution in [3.8, 4) is 0 Å². The van der Waals surface area contributed by atoms with Gasteiger partial charge in [0.25, 0.3) is 0 Å². The molecule has 13 nitrogen and oxygen atoms in total. The van der Waals surface area contributed by atoms with Gasteiger partial charge in [0.1, 0.15) is 18.1 Å². The molecule has 0 saturated heterocycles. The van der Waals surface area contributed by atoms with Crippen LogP contribution in [0.2, 0.25) is 0 Å². The highest BCUT2D eigenvalue weighted by Gasteiger charge is 2.27. The van der Waals surface area contributed by atoms with Gasteiger partial charge in [-0.25, -0.2) is 0 Å². The van der Waals surface area contributed by atoms with E-state index >= 15 is 0 Å². The van der Waals surface area contributed by atoms with Crippen molar-refractivity contribution in [3.63, 3.8) is 0 Å². The van der Waals surface area contributed by atoms with Gasteiger partial charge < -0.3 is 38.5 Å². The summed E-state index contributed by atoms with van der Waals surface area (Å²) in [6.07, 6.45) is 0.922. The fourth-order valence-electron chi connectivity index (χ4n) is 3.04. The Balaban J connectivity index is 5.05. The molecule has 0 rings (SSSR count). The number of nitrogens with zero attached hydrogens (tertiary/aromatic N) is 1. The Labute approximate surface area is 200 Å². The smallest absolute Gasteiger partial charge is 0.243 e. The maximum absolute atomic E-state index is 12.8. The molecule has 0 heterocycles. The summed E-state index contributed by atoms with van der Waals surface area (Å²) in [6.45, 7) is 8.44. The van der Waals surface area contributed by atoms with Gasteiger partial charge in [0.2, 0.25) is 29.5 Å². The predicted molar refractivity (Wildman–Crippen MR) is 128 cm³/mol. The number of nitrogens with one attached hydrogen (secondary N) is 4. The molecule has 0 aromatic heterocycles. The Hall–Kier alpha value is -3.38. The fourth-order valence-corrected chi connectivity index (χ4v) is 3.04. The monoisotopic (exact) mass is 484 g/mol. The third-order valence-corrected chi connectivity index (χ3v) is 4.70. The number of hydrogen-bond acceptors (Lipinski definition) is 6. The van der Waals surface area contributed by atoms with E-state index in [9.17, 15) is 24.0 Å². The zero-order chi connectivity index (χ0) is 26.4. The second kappa shape index (κ2) is 15.5. The largest absolute Gasteiger partial charge is 0.370 e. The van der Waals surface area contributed by atoms with Crippen LogP contribution in [0.5, 0.6) is 0 Å². The summed E-state index contributed by atoms with van der Waals surface area (Å²) < 4.78 is 0. The average molecular weight is 485 g/mol. The summed E-state index contributed by atoms with van der Waals surface area (Å²) in [6, 6.07) is -2.70. The van der Waals surface area contributed by atoms with E-state index in [4.69, 9.17) is 17.2 Å². The van der Waals surface area contributed by atoms with Crippen LogP contribution in [0, 0.1) is 11.8 Å². The van der Waals surface area contributed by atoms with Gasteiger partial charge in [-0.05, 0) is 31.1 Å². The first kappa shape index (κ1) is 30.6. The van der Waals surface area contributed by atoms with Crippen LogP contribution < -0.4 is 38.5 Å². The molecular formula is C21H40N8O5. The van der Waals surface area contributed by atoms with Gasteiger partial charge in [-0.1, -0.05) is 27.7 Å². The van der Waals surface area contributed by atoms with Crippen molar-refractivity contribution in [3.05, 3.63) is 0 Å². The van der Waals surface area contributed by atoms with Crippen LogP contribution in [-0.2, 0) is 24.0 Å². The number of carbonyl (C=O) groups excluding carboxylic acids is 5. The second-order valence-electron chi connectivity index (χ2n) is 8.80. The second-order valence-corrected chi connectivity index (χ2v) is 8.80. The highest BCUT2D eigenvalue weighted by molar-refractivity contribution is 5.93. The maximum atomic E-state index is 12.8. The van der Waals surface area contributed by atoms with E-state index in [0.717, 1.165) is 0 Å². The third kappa shape index (κ3) is 13.2. The lowest BCUT2D eigenvalue weighted by Gasteiger charge is -2.24. The lowest BCUT2D eigenvalue weighted by atomic mass is 10.0. The van der Waals surface area contributed by atoms with Crippen LogP contribution in [-0.4, -0.2) is 66.7 Å². The van der Waals surface area contributed by atoms with Gasteiger partial charge in [0, 0.05) is 13.5 Å². The van der Waals surface area contributed by atoms with E-state index in [1.165, 1.54) is 6.92 Å². The molecule has 0 unspecified atom stereocenters. The lowest BCUT2D eigenvalue weighted by Crippen LogP contribution is -2.55. The molecule has 5 amide bonds. The molecule has 0 fully saturated rings. The summed E-state index contributed by atoms with van der Waals surface area (Å²) in [7, 11) is 0. The van der Waals surface area contributed by atoms with Crippen LogP contribution in [0.25, 0.3) is 0 Å². The number of aliphatic imine (C=N–C) groups is 1. The van der Waals surface area contributed by atoms with Gasteiger partial charge >= 0.3 is 0 Å². The summed E-state index contributed by atoms with van der Waals surface area (Å²) in [4.78, 5) is 64.5. The molecule has 0 radical (unpaired) electrons. The Bertz CT molecular complexity index is 749. The minimum Gasteiger partial charge on any atom is -0.370 e. The molecule has 0 aliphatic rings. The molecule has 0 spiro atoms. The Kier molecular flexibility index (Phi) is 13.9. The summed E-state index contributed by atoms with van der Waals surface area (Å²) in [5, 5.41) is 10.1. The number of guanidine groups is 1. The van der Waals surface area contributed by atoms with Crippen LogP contribution in [0.15, 0.2) is 4.99 Å². The van der Waals surface area contributed by atoms with Crippen LogP contribution in [0.4, 0.5) is 0 Å². The van der Waals surface area contributed by atoms with E-state index in [-0.39, 0.29) is 43.2 Å². The Morgan fingerprint density at radius 1 is 0.853 bits per heavy atom. The highest BCUT2D eigenvalue weighted by Crippen LogP contribution is 2.07. The molecule has 0 aliphatic heterocycles. The highest BCUT2D eigenvalue weighted by atomic mass is 16.2. The number of amides is 5. The van der Waals surface area contributed by atoms with E-state index in [1.54, 1.807) is 13.8 Å². The molecule has 3 atom stereocenters. The zero-order valence-electron chi connectivity index (χ0n) is 20.6. The van der Waals surface area contributed by atoms with E-state index in [2.05, 4.69) is 26.3 Å². The molecule has 10 N–H and O–H groups in total. The summed E-state index contributed by atoms with van der Waals surface area (Å²) in [5.74, 6) is -3.00. The number of rotatable bonds is 15. The molecular weight excluding hydrogens is 444 g/mol. The van der Waals surface area contributed by atoms with Crippen LogP contribution in [0.3, 0.4) is 0 Å². The molecule has 0 aliphatic carbocycles. The van der Waals surface area contributed by atoms with Crippen LogP contribution >= 0.6 is 0 Å². The molecule has 0 aromatic rings. The molecule has 0 saturated carbocycles. The first-order chi connectivity index (χ1) is 15.7. The first-order valence-corrected chi connectivity index (χ1v) is 11.2. The Morgan fingerprint density at radius 3 is 1.94 bits per heavy atom. The number of nitrogens with two attached hydrogens (primary N) is 3. The topological polar surface area (TPSA) is 224 Å². The minimum absolute atomic E-state index is 0.0459. The van der Waals surface area contributed by atoms with Gasteiger partial charge in [0.15, 0.2) is 5.96 Å². The summed E-state index contributed by atoms with van der Waals surface area (Å²) in [5.41, 5.74) is 15.9. The van der Waals surface area contributed by atoms with E-state index < -0.39 is 41.8 Å². The van der Waals surface area contributed by atoms with Gasteiger partial charge in [-0.15, -0.1) is 0 Å². The van der Waals surface area contributed by atoms with Crippen molar-refractivity contribution in [1.82, 2.24) is 21.3 Å². The number of carbonyl (C=O) groups is 5. The van der Waals surface area contributed by atoms with Gasteiger partial charge in [0.05, 0.1) is 6.54 Å². The van der Waals surface area contributed by atoms with Crippen molar-refractivity contribution in [2.24, 2.45) is 34.0 Å². The standard InChI is InChI=1S/C21H40N8O5/c1-11(2)9-15(19(33)29-14(18(22)32)7-6-8-25-21(23)24)28-16(31)10-26-20(34)17(12(3)4)27-13(5)30/h11-12,14-15,17H,6-10H2,1-5H3,(H2,22,32)(H,26,34)(H,27,30)(H,28,31)(H,29,33)(H4,23,24,25)/t14-,15-,17-/m0/s1. The minimum atomic E-state index is -0.961. The van der Waals surface area contributed by atoms with Crippen LogP contribution in [0.1, 0.15) is 53.9 Å². The predicted octanol–water partition coefficient (Wildman–Crippen LogP) is -2.18. The molecule has 0 bridgehead atoms. The molecule has 34 heavy (non-hydrogen) atoms.